The van der Waals surface area contributed by atoms with Gasteiger partial charge in [0.15, 0.2) is 0 Å². The number of ether oxygens (including phenoxy) is 1. The molecule has 3 rings (SSSR count). The number of nitrogens with zero attached hydrogens (tertiary/aromatic N) is 2. The summed E-state index contributed by atoms with van der Waals surface area (Å²) in [4.78, 5) is 14.2. The Kier molecular flexibility index (Phi) is 4.21. The van der Waals surface area contributed by atoms with Crippen molar-refractivity contribution in [3.05, 3.63) is 35.0 Å². The molecule has 0 saturated heterocycles. The molecule has 4 heteroatoms. The number of benzene rings is 1. The molecule has 0 amide bonds. The lowest BCUT2D eigenvalue weighted by molar-refractivity contribution is -0.142. The summed E-state index contributed by atoms with van der Waals surface area (Å²) in [5.41, 5.74) is 5.12. The van der Waals surface area contributed by atoms with Crippen LogP contribution in [0.15, 0.2) is 18.3 Å². The van der Waals surface area contributed by atoms with Crippen LogP contribution in [0.5, 0.6) is 0 Å². The first-order valence-electron chi connectivity index (χ1n) is 8.10. The number of aryl methyl sites for hydroxylation is 1. The van der Waals surface area contributed by atoms with Crippen molar-refractivity contribution < 1.29 is 9.53 Å². The highest BCUT2D eigenvalue weighted by molar-refractivity contribution is 5.89. The normalized spacial score (nSPS) is 14.5. The van der Waals surface area contributed by atoms with E-state index < -0.39 is 0 Å². The highest BCUT2D eigenvalue weighted by Crippen LogP contribution is 2.30. The monoisotopic (exact) mass is 300 g/mol. The third-order valence-electron chi connectivity index (χ3n) is 4.27. The van der Waals surface area contributed by atoms with Gasteiger partial charge in [-0.05, 0) is 49.2 Å². The molecule has 0 saturated carbocycles. The maximum Gasteiger partial charge on any atom is 0.310 e. The van der Waals surface area contributed by atoms with Crippen molar-refractivity contribution in [1.29, 1.82) is 0 Å². The Morgan fingerprint density at radius 1 is 1.23 bits per heavy atom. The van der Waals surface area contributed by atoms with Gasteiger partial charge < -0.3 is 9.30 Å². The summed E-state index contributed by atoms with van der Waals surface area (Å²) in [6.45, 7) is 7.44. The molecule has 4 nitrogen and oxygen atoms in total. The maximum absolute atomic E-state index is 11.9. The number of aromatic nitrogens is 1. The molecule has 0 unspecified atom stereocenters. The average Bonchev–Trinajstić information content (AvgIpc) is 2.97. The molecule has 1 aromatic heterocycles. The van der Waals surface area contributed by atoms with Gasteiger partial charge in [-0.2, -0.15) is 0 Å². The molecular formula is C18H24N2O2. The number of carbonyl (C=O) groups excluding carboxylic acids is 1. The standard InChI is InChI=1S/C18H24N2O2/c1-4-6-20-12-15(9-18(21)22-5-2)16-7-13-10-19(3)11-14(13)8-17(16)20/h7-8,12H,4-6,9-11H2,1-3H3. The van der Waals surface area contributed by atoms with Crippen LogP contribution >= 0.6 is 0 Å². The lowest BCUT2D eigenvalue weighted by Crippen LogP contribution is -2.07. The Labute approximate surface area is 131 Å². The fourth-order valence-electron chi connectivity index (χ4n) is 3.36. The van der Waals surface area contributed by atoms with Gasteiger partial charge in [-0.3, -0.25) is 9.69 Å². The topological polar surface area (TPSA) is 34.5 Å². The number of esters is 1. The van der Waals surface area contributed by atoms with Gasteiger partial charge in [-0.25, -0.2) is 0 Å². The van der Waals surface area contributed by atoms with E-state index in [9.17, 15) is 4.79 Å². The van der Waals surface area contributed by atoms with Crippen LogP contribution in [0.4, 0.5) is 0 Å². The Balaban J connectivity index is 2.04. The summed E-state index contributed by atoms with van der Waals surface area (Å²) in [6.07, 6.45) is 3.57. The molecule has 118 valence electrons. The minimum absolute atomic E-state index is 0.143. The number of rotatable bonds is 5. The Hall–Kier alpha value is -1.81. The largest absolute Gasteiger partial charge is 0.466 e. The van der Waals surface area contributed by atoms with E-state index in [1.807, 2.05) is 6.92 Å². The molecule has 0 spiro atoms. The number of hydrogen-bond donors (Lipinski definition) is 0. The minimum Gasteiger partial charge on any atom is -0.466 e. The predicted octanol–water partition coefficient (Wildman–Crippen LogP) is 3.10. The molecule has 2 aromatic rings. The van der Waals surface area contributed by atoms with Crippen LogP contribution in [0, 0.1) is 0 Å². The Morgan fingerprint density at radius 2 is 1.95 bits per heavy atom. The first-order valence-corrected chi connectivity index (χ1v) is 8.10. The van der Waals surface area contributed by atoms with E-state index in [0.29, 0.717) is 13.0 Å². The average molecular weight is 300 g/mol. The van der Waals surface area contributed by atoms with Crippen LogP contribution in [0.1, 0.15) is 37.0 Å². The third kappa shape index (κ3) is 2.75. The first-order chi connectivity index (χ1) is 10.6. The van der Waals surface area contributed by atoms with Crippen molar-refractivity contribution in [1.82, 2.24) is 9.47 Å². The van der Waals surface area contributed by atoms with E-state index in [-0.39, 0.29) is 5.97 Å². The smallest absolute Gasteiger partial charge is 0.310 e. The zero-order valence-corrected chi connectivity index (χ0v) is 13.7. The second-order valence-electron chi connectivity index (χ2n) is 6.14. The molecule has 2 heterocycles. The highest BCUT2D eigenvalue weighted by Gasteiger charge is 2.20. The lowest BCUT2D eigenvalue weighted by atomic mass is 10.0. The van der Waals surface area contributed by atoms with E-state index >= 15 is 0 Å². The van der Waals surface area contributed by atoms with Crippen LogP contribution in [0.25, 0.3) is 10.9 Å². The molecule has 0 aliphatic carbocycles. The summed E-state index contributed by atoms with van der Waals surface area (Å²) < 4.78 is 7.40. The zero-order chi connectivity index (χ0) is 15.7. The minimum atomic E-state index is -0.143. The molecule has 0 radical (unpaired) electrons. The van der Waals surface area contributed by atoms with Gasteiger partial charge in [-0.15, -0.1) is 0 Å². The van der Waals surface area contributed by atoms with Crippen LogP contribution in [-0.2, 0) is 35.6 Å². The summed E-state index contributed by atoms with van der Waals surface area (Å²) in [6, 6.07) is 4.58. The van der Waals surface area contributed by atoms with Gasteiger partial charge >= 0.3 is 5.97 Å². The lowest BCUT2D eigenvalue weighted by Gasteiger charge is -2.05. The number of hydrogen-bond acceptors (Lipinski definition) is 3. The van der Waals surface area contributed by atoms with Crippen molar-refractivity contribution in [2.75, 3.05) is 13.7 Å². The molecule has 1 aromatic carbocycles. The molecule has 0 N–H and O–H groups in total. The molecular weight excluding hydrogens is 276 g/mol. The van der Waals surface area contributed by atoms with E-state index in [2.05, 4.69) is 41.8 Å². The quantitative estimate of drug-likeness (QED) is 0.796. The Bertz CT molecular complexity index is 703. The zero-order valence-electron chi connectivity index (χ0n) is 13.7. The highest BCUT2D eigenvalue weighted by atomic mass is 16.5. The van der Waals surface area contributed by atoms with Gasteiger partial charge in [0, 0.05) is 36.7 Å². The summed E-state index contributed by atoms with van der Waals surface area (Å²) in [5.74, 6) is -0.143. The molecule has 1 aliphatic heterocycles. The van der Waals surface area contributed by atoms with Gasteiger partial charge in [0.2, 0.25) is 0 Å². The van der Waals surface area contributed by atoms with Crippen LogP contribution in [0.2, 0.25) is 0 Å². The second-order valence-corrected chi connectivity index (χ2v) is 6.14. The van der Waals surface area contributed by atoms with Crippen LogP contribution in [0.3, 0.4) is 0 Å². The maximum atomic E-state index is 11.9. The van der Waals surface area contributed by atoms with Gasteiger partial charge in [0.05, 0.1) is 13.0 Å². The van der Waals surface area contributed by atoms with Gasteiger partial charge in [0.1, 0.15) is 0 Å². The summed E-state index contributed by atoms with van der Waals surface area (Å²) in [5, 5.41) is 1.20. The molecule has 1 aliphatic rings. The van der Waals surface area contributed by atoms with Gasteiger partial charge in [-0.1, -0.05) is 6.92 Å². The first kappa shape index (κ1) is 15.1. The fraction of sp³-hybridized carbons (Fsp3) is 0.500. The molecule has 0 bridgehead atoms. The number of fused-ring (bicyclic) bond motifs is 2. The molecule has 0 fully saturated rings. The SMILES string of the molecule is CCCn1cc(CC(=O)OCC)c2cc3c(cc21)CN(C)C3. The van der Waals surface area contributed by atoms with Crippen molar-refractivity contribution in [2.45, 2.75) is 46.3 Å². The summed E-state index contributed by atoms with van der Waals surface area (Å²) in [7, 11) is 2.14. The van der Waals surface area contributed by atoms with Crippen molar-refractivity contribution in [3.8, 4) is 0 Å². The second kappa shape index (κ2) is 6.13. The fourth-order valence-corrected chi connectivity index (χ4v) is 3.36. The van der Waals surface area contributed by atoms with E-state index in [1.165, 1.54) is 22.0 Å². The molecule has 0 atom stereocenters. The van der Waals surface area contributed by atoms with Crippen LogP contribution < -0.4 is 0 Å². The number of carbonyl (C=O) groups is 1. The van der Waals surface area contributed by atoms with Crippen molar-refractivity contribution >= 4 is 16.9 Å². The predicted molar refractivity (Wildman–Crippen MR) is 87.7 cm³/mol. The van der Waals surface area contributed by atoms with Crippen molar-refractivity contribution in [2.24, 2.45) is 0 Å². The summed E-state index contributed by atoms with van der Waals surface area (Å²) >= 11 is 0. The molecule has 22 heavy (non-hydrogen) atoms. The van der Waals surface area contributed by atoms with E-state index in [4.69, 9.17) is 4.74 Å². The Morgan fingerprint density at radius 3 is 2.64 bits per heavy atom. The third-order valence-corrected chi connectivity index (χ3v) is 4.27. The van der Waals surface area contributed by atoms with E-state index in [0.717, 1.165) is 31.6 Å². The van der Waals surface area contributed by atoms with Crippen LogP contribution in [-0.4, -0.2) is 29.1 Å². The van der Waals surface area contributed by atoms with Gasteiger partial charge in [0.25, 0.3) is 0 Å². The van der Waals surface area contributed by atoms with Crippen molar-refractivity contribution in [3.63, 3.8) is 0 Å². The van der Waals surface area contributed by atoms with E-state index in [1.54, 1.807) is 0 Å².